The van der Waals surface area contributed by atoms with Crippen LogP contribution in [0, 0.1) is 0 Å². The molecule has 1 heterocycles. The van der Waals surface area contributed by atoms with Crippen molar-refractivity contribution in [3.05, 3.63) is 70.7 Å². The van der Waals surface area contributed by atoms with Crippen molar-refractivity contribution in [2.45, 2.75) is 11.3 Å². The summed E-state index contributed by atoms with van der Waals surface area (Å²) in [5.74, 6) is 0. The van der Waals surface area contributed by atoms with Crippen LogP contribution in [0.1, 0.15) is 5.56 Å². The van der Waals surface area contributed by atoms with Gasteiger partial charge in [0.05, 0.1) is 10.6 Å². The minimum Gasteiger partial charge on any atom is -0.266 e. The zero-order valence-electron chi connectivity index (χ0n) is 12.2. The first-order valence-corrected chi connectivity index (χ1v) is 9.59. The van der Waals surface area contributed by atoms with Gasteiger partial charge in [-0.25, -0.2) is 8.42 Å². The molecule has 23 heavy (non-hydrogen) atoms. The van der Waals surface area contributed by atoms with E-state index in [-0.39, 0.29) is 0 Å². The third-order valence-electron chi connectivity index (χ3n) is 4.20. The van der Waals surface area contributed by atoms with Crippen LogP contribution in [-0.2, 0) is 16.4 Å². The van der Waals surface area contributed by atoms with Crippen LogP contribution in [0.3, 0.4) is 0 Å². The lowest BCUT2D eigenvalue weighted by molar-refractivity contribution is 0.592. The fourth-order valence-electron chi connectivity index (χ4n) is 3.04. The molecule has 0 unspecified atom stereocenters. The average molecular weight is 388 g/mol. The van der Waals surface area contributed by atoms with E-state index in [4.69, 9.17) is 0 Å². The van der Waals surface area contributed by atoms with E-state index < -0.39 is 10.0 Å². The smallest absolute Gasteiger partial charge is 0.264 e. The number of fused-ring (bicyclic) bond motifs is 2. The fourth-order valence-corrected chi connectivity index (χ4v) is 4.99. The first kappa shape index (κ1) is 14.7. The minimum atomic E-state index is -3.54. The molecule has 3 nitrogen and oxygen atoms in total. The number of halogens is 1. The number of hydrogen-bond acceptors (Lipinski definition) is 2. The van der Waals surface area contributed by atoms with Crippen LogP contribution >= 0.6 is 15.9 Å². The topological polar surface area (TPSA) is 37.4 Å². The number of anilines is 1. The summed E-state index contributed by atoms with van der Waals surface area (Å²) >= 11 is 3.44. The maximum Gasteiger partial charge on any atom is 0.264 e. The Morgan fingerprint density at radius 2 is 1.70 bits per heavy atom. The van der Waals surface area contributed by atoms with E-state index in [1.807, 2.05) is 48.5 Å². The Morgan fingerprint density at radius 1 is 0.913 bits per heavy atom. The second-order valence-electron chi connectivity index (χ2n) is 5.61. The fraction of sp³-hybridized carbons (Fsp3) is 0.111. The Labute approximate surface area is 143 Å². The van der Waals surface area contributed by atoms with Gasteiger partial charge in [-0.2, -0.15) is 0 Å². The average Bonchev–Trinajstić information content (AvgIpc) is 2.98. The molecule has 3 aromatic rings. The zero-order valence-corrected chi connectivity index (χ0v) is 14.6. The number of rotatable bonds is 2. The van der Waals surface area contributed by atoms with E-state index in [2.05, 4.69) is 15.9 Å². The minimum absolute atomic E-state index is 0.340. The van der Waals surface area contributed by atoms with Crippen LogP contribution in [0.4, 0.5) is 5.69 Å². The van der Waals surface area contributed by atoms with E-state index in [0.717, 1.165) is 32.9 Å². The largest absolute Gasteiger partial charge is 0.266 e. The molecule has 116 valence electrons. The molecule has 0 fully saturated rings. The van der Waals surface area contributed by atoms with Gasteiger partial charge < -0.3 is 0 Å². The molecule has 0 aromatic heterocycles. The Morgan fingerprint density at radius 3 is 2.52 bits per heavy atom. The predicted octanol–water partition coefficient (Wildman–Crippen LogP) is 4.35. The van der Waals surface area contributed by atoms with Crippen molar-refractivity contribution in [3.63, 3.8) is 0 Å². The second kappa shape index (κ2) is 5.35. The lowest BCUT2D eigenvalue weighted by atomic mass is 10.1. The zero-order chi connectivity index (χ0) is 16.0. The van der Waals surface area contributed by atoms with Crippen LogP contribution in [-0.4, -0.2) is 15.0 Å². The number of nitrogens with zero attached hydrogens (tertiary/aromatic N) is 1. The maximum absolute atomic E-state index is 13.0. The molecule has 0 amide bonds. The van der Waals surface area contributed by atoms with Gasteiger partial charge in [0.15, 0.2) is 0 Å². The van der Waals surface area contributed by atoms with E-state index in [1.54, 1.807) is 12.1 Å². The molecule has 3 aromatic carbocycles. The van der Waals surface area contributed by atoms with E-state index in [1.165, 1.54) is 4.31 Å². The van der Waals surface area contributed by atoms with Gasteiger partial charge in [-0.05, 0) is 53.1 Å². The van der Waals surface area contributed by atoms with Gasteiger partial charge in [-0.1, -0.05) is 46.3 Å². The highest BCUT2D eigenvalue weighted by Crippen LogP contribution is 2.35. The van der Waals surface area contributed by atoms with Crippen molar-refractivity contribution in [2.24, 2.45) is 0 Å². The summed E-state index contributed by atoms with van der Waals surface area (Å²) < 4.78 is 28.6. The summed E-state index contributed by atoms with van der Waals surface area (Å²) in [6, 6.07) is 18.8. The Balaban J connectivity index is 1.82. The molecule has 0 saturated heterocycles. The summed E-state index contributed by atoms with van der Waals surface area (Å²) in [5, 5.41) is 1.97. The quantitative estimate of drug-likeness (QED) is 0.655. The van der Waals surface area contributed by atoms with Crippen molar-refractivity contribution < 1.29 is 8.42 Å². The van der Waals surface area contributed by atoms with Gasteiger partial charge in [0.1, 0.15) is 0 Å². The van der Waals surface area contributed by atoms with Crippen LogP contribution in [0.2, 0.25) is 0 Å². The van der Waals surface area contributed by atoms with Crippen LogP contribution in [0.25, 0.3) is 10.8 Å². The molecule has 1 aliphatic heterocycles. The molecular formula is C18H14BrNO2S. The highest BCUT2D eigenvalue weighted by molar-refractivity contribution is 9.10. The van der Waals surface area contributed by atoms with Gasteiger partial charge in [-0.15, -0.1) is 0 Å². The molecule has 5 heteroatoms. The summed E-state index contributed by atoms with van der Waals surface area (Å²) in [4.78, 5) is 0.340. The molecule has 0 bridgehead atoms. The van der Waals surface area contributed by atoms with Crippen molar-refractivity contribution in [1.29, 1.82) is 0 Å². The molecule has 0 N–H and O–H groups in total. The van der Waals surface area contributed by atoms with Gasteiger partial charge in [0, 0.05) is 11.0 Å². The van der Waals surface area contributed by atoms with Crippen molar-refractivity contribution in [3.8, 4) is 0 Å². The molecule has 0 aliphatic carbocycles. The van der Waals surface area contributed by atoms with E-state index >= 15 is 0 Å². The number of hydrogen-bond donors (Lipinski definition) is 0. The van der Waals surface area contributed by atoms with E-state index in [0.29, 0.717) is 11.4 Å². The summed E-state index contributed by atoms with van der Waals surface area (Å²) in [5.41, 5.74) is 1.84. The van der Waals surface area contributed by atoms with Crippen LogP contribution < -0.4 is 4.31 Å². The third kappa shape index (κ3) is 2.44. The molecule has 0 atom stereocenters. The van der Waals surface area contributed by atoms with Crippen LogP contribution in [0.15, 0.2) is 70.0 Å². The lowest BCUT2D eigenvalue weighted by Crippen LogP contribution is -2.29. The van der Waals surface area contributed by atoms with Crippen molar-refractivity contribution >= 4 is 42.4 Å². The molecular weight excluding hydrogens is 374 g/mol. The number of benzene rings is 3. The standard InChI is InChI=1S/C18H14BrNO2S/c19-16-6-8-18-15(11-16)9-10-20(18)23(21,22)17-7-5-13-3-1-2-4-14(13)12-17/h1-8,11-12H,9-10H2. The molecule has 4 rings (SSSR count). The molecule has 0 spiro atoms. The van der Waals surface area contributed by atoms with Gasteiger partial charge in [0.2, 0.25) is 0 Å². The van der Waals surface area contributed by atoms with Crippen molar-refractivity contribution in [1.82, 2.24) is 0 Å². The lowest BCUT2D eigenvalue weighted by Gasteiger charge is -2.20. The first-order chi connectivity index (χ1) is 11.1. The highest BCUT2D eigenvalue weighted by Gasteiger charge is 2.30. The van der Waals surface area contributed by atoms with E-state index in [9.17, 15) is 8.42 Å². The first-order valence-electron chi connectivity index (χ1n) is 7.36. The molecule has 0 saturated carbocycles. The molecule has 0 radical (unpaired) electrons. The summed E-state index contributed by atoms with van der Waals surface area (Å²) in [7, 11) is -3.54. The summed E-state index contributed by atoms with van der Waals surface area (Å²) in [6.45, 7) is 0.487. The Hall–Kier alpha value is -1.85. The number of sulfonamides is 1. The maximum atomic E-state index is 13.0. The van der Waals surface area contributed by atoms with Crippen LogP contribution in [0.5, 0.6) is 0 Å². The second-order valence-corrected chi connectivity index (χ2v) is 8.39. The van der Waals surface area contributed by atoms with Gasteiger partial charge in [0.25, 0.3) is 10.0 Å². The predicted molar refractivity (Wildman–Crippen MR) is 96.3 cm³/mol. The Bertz CT molecular complexity index is 1010. The molecule has 1 aliphatic rings. The highest BCUT2D eigenvalue weighted by atomic mass is 79.9. The third-order valence-corrected chi connectivity index (χ3v) is 6.51. The monoisotopic (exact) mass is 387 g/mol. The van der Waals surface area contributed by atoms with Gasteiger partial charge in [-0.3, -0.25) is 4.31 Å². The SMILES string of the molecule is O=S(=O)(c1ccc2ccccc2c1)N1CCc2cc(Br)ccc21. The normalized spacial score (nSPS) is 14.2. The Kier molecular flexibility index (Phi) is 3.43. The van der Waals surface area contributed by atoms with Gasteiger partial charge >= 0.3 is 0 Å². The summed E-state index contributed by atoms with van der Waals surface area (Å²) in [6.07, 6.45) is 0.738. The van der Waals surface area contributed by atoms with Crippen molar-refractivity contribution in [2.75, 3.05) is 10.8 Å².